The van der Waals surface area contributed by atoms with Crippen LogP contribution >= 0.6 is 0 Å². The van der Waals surface area contributed by atoms with Gasteiger partial charge in [-0.3, -0.25) is 9.48 Å². The number of nitrogens with zero attached hydrogens (tertiary/aromatic N) is 3. The standard InChI is InChI=1S/C12H15N5O3S/c1-9-10(3-2-4-11(9)21(13,19)20)15-12(18)5-7-17-8-6-14-16-17/h2-4,6,8H,5,7H2,1H3,(H,15,18)(H2,13,19,20). The normalized spacial score (nSPS) is 11.3. The lowest BCUT2D eigenvalue weighted by Crippen LogP contribution is -2.18. The quantitative estimate of drug-likeness (QED) is 0.821. The highest BCUT2D eigenvalue weighted by Gasteiger charge is 2.15. The molecule has 0 fully saturated rings. The van der Waals surface area contributed by atoms with Gasteiger partial charge in [0.05, 0.1) is 17.6 Å². The van der Waals surface area contributed by atoms with Crippen molar-refractivity contribution in [3.05, 3.63) is 36.2 Å². The molecule has 0 spiro atoms. The highest BCUT2D eigenvalue weighted by atomic mass is 32.2. The van der Waals surface area contributed by atoms with Crippen molar-refractivity contribution in [3.63, 3.8) is 0 Å². The van der Waals surface area contributed by atoms with Crippen LogP contribution in [0.2, 0.25) is 0 Å². The zero-order chi connectivity index (χ0) is 15.5. The highest BCUT2D eigenvalue weighted by molar-refractivity contribution is 7.89. The Hall–Kier alpha value is -2.26. The summed E-state index contributed by atoms with van der Waals surface area (Å²) >= 11 is 0. The number of primary sulfonamides is 1. The van der Waals surface area contributed by atoms with E-state index in [4.69, 9.17) is 5.14 Å². The van der Waals surface area contributed by atoms with Crippen LogP contribution in [0.3, 0.4) is 0 Å². The first-order chi connectivity index (χ1) is 9.88. The number of sulfonamides is 1. The Labute approximate surface area is 122 Å². The average Bonchev–Trinajstić information content (AvgIpc) is 2.90. The second-order valence-corrected chi connectivity index (χ2v) is 5.97. The van der Waals surface area contributed by atoms with E-state index in [-0.39, 0.29) is 17.2 Å². The summed E-state index contributed by atoms with van der Waals surface area (Å²) < 4.78 is 24.4. The third kappa shape index (κ3) is 3.86. The lowest BCUT2D eigenvalue weighted by atomic mass is 10.2. The fourth-order valence-corrected chi connectivity index (χ4v) is 2.64. The molecule has 3 N–H and O–H groups in total. The van der Waals surface area contributed by atoms with Gasteiger partial charge in [-0.25, -0.2) is 13.6 Å². The number of rotatable bonds is 5. The molecule has 1 aromatic heterocycles. The van der Waals surface area contributed by atoms with Gasteiger partial charge in [-0.05, 0) is 24.6 Å². The van der Waals surface area contributed by atoms with E-state index in [1.807, 2.05) is 0 Å². The fourth-order valence-electron chi connectivity index (χ4n) is 1.84. The Morgan fingerprint density at radius 1 is 1.43 bits per heavy atom. The molecule has 21 heavy (non-hydrogen) atoms. The zero-order valence-corrected chi connectivity index (χ0v) is 12.2. The van der Waals surface area contributed by atoms with Gasteiger partial charge < -0.3 is 5.32 Å². The molecule has 0 atom stereocenters. The molecule has 2 aromatic rings. The summed E-state index contributed by atoms with van der Waals surface area (Å²) in [4.78, 5) is 11.9. The monoisotopic (exact) mass is 309 g/mol. The van der Waals surface area contributed by atoms with Crippen molar-refractivity contribution in [1.82, 2.24) is 15.0 Å². The van der Waals surface area contributed by atoms with Crippen molar-refractivity contribution >= 4 is 21.6 Å². The Balaban J connectivity index is 2.07. The number of hydrogen-bond acceptors (Lipinski definition) is 5. The number of hydrogen-bond donors (Lipinski definition) is 2. The predicted molar refractivity (Wildman–Crippen MR) is 75.8 cm³/mol. The number of nitrogens with two attached hydrogens (primary N) is 1. The number of anilines is 1. The molecule has 8 nitrogen and oxygen atoms in total. The smallest absolute Gasteiger partial charge is 0.238 e. The van der Waals surface area contributed by atoms with Gasteiger partial charge in [0.2, 0.25) is 15.9 Å². The van der Waals surface area contributed by atoms with Crippen molar-refractivity contribution in [3.8, 4) is 0 Å². The maximum absolute atomic E-state index is 11.9. The lowest BCUT2D eigenvalue weighted by molar-refractivity contribution is -0.116. The molecule has 0 unspecified atom stereocenters. The number of aromatic nitrogens is 3. The number of carbonyl (C=O) groups is 1. The van der Waals surface area contributed by atoms with E-state index in [2.05, 4.69) is 15.6 Å². The second kappa shape index (κ2) is 6.02. The highest BCUT2D eigenvalue weighted by Crippen LogP contribution is 2.22. The van der Waals surface area contributed by atoms with E-state index in [9.17, 15) is 13.2 Å². The first-order valence-electron chi connectivity index (χ1n) is 6.14. The van der Waals surface area contributed by atoms with Gasteiger partial charge >= 0.3 is 0 Å². The molecule has 112 valence electrons. The first kappa shape index (κ1) is 15.1. The van der Waals surface area contributed by atoms with E-state index in [1.54, 1.807) is 19.2 Å². The van der Waals surface area contributed by atoms with E-state index in [0.29, 0.717) is 17.8 Å². The number of aryl methyl sites for hydroxylation is 1. The molecule has 1 amide bonds. The van der Waals surface area contributed by atoms with Gasteiger partial charge in [-0.15, -0.1) is 5.10 Å². The van der Waals surface area contributed by atoms with Crippen molar-refractivity contribution in [2.24, 2.45) is 5.14 Å². The molecular formula is C12H15N5O3S. The third-order valence-electron chi connectivity index (χ3n) is 2.90. The molecule has 0 saturated carbocycles. The number of amides is 1. The van der Waals surface area contributed by atoms with Gasteiger partial charge in [0.25, 0.3) is 0 Å². The minimum atomic E-state index is -3.81. The number of carbonyl (C=O) groups excluding carboxylic acids is 1. The van der Waals surface area contributed by atoms with Crippen molar-refractivity contribution < 1.29 is 13.2 Å². The molecular weight excluding hydrogens is 294 g/mol. The molecule has 0 saturated heterocycles. The van der Waals surface area contributed by atoms with Crippen molar-refractivity contribution in [1.29, 1.82) is 0 Å². The molecule has 9 heteroatoms. The summed E-state index contributed by atoms with van der Waals surface area (Å²) in [5.74, 6) is -0.250. The van der Waals surface area contributed by atoms with Crippen LogP contribution in [0.25, 0.3) is 0 Å². The van der Waals surface area contributed by atoms with Crippen LogP contribution in [-0.4, -0.2) is 29.3 Å². The van der Waals surface area contributed by atoms with Crippen LogP contribution in [0.1, 0.15) is 12.0 Å². The molecule has 1 heterocycles. The van der Waals surface area contributed by atoms with Crippen molar-refractivity contribution in [2.45, 2.75) is 24.8 Å². The van der Waals surface area contributed by atoms with Crippen LogP contribution in [0.5, 0.6) is 0 Å². The van der Waals surface area contributed by atoms with Crippen LogP contribution in [-0.2, 0) is 21.4 Å². The van der Waals surface area contributed by atoms with Gasteiger partial charge in [-0.2, -0.15) is 0 Å². The fraction of sp³-hybridized carbons (Fsp3) is 0.250. The maximum atomic E-state index is 11.9. The summed E-state index contributed by atoms with van der Waals surface area (Å²) in [6.45, 7) is 1.98. The largest absolute Gasteiger partial charge is 0.326 e. The second-order valence-electron chi connectivity index (χ2n) is 4.44. The summed E-state index contributed by atoms with van der Waals surface area (Å²) in [7, 11) is -3.81. The van der Waals surface area contributed by atoms with Crippen molar-refractivity contribution in [2.75, 3.05) is 5.32 Å². The Kier molecular flexibility index (Phi) is 4.34. The Morgan fingerprint density at radius 2 is 2.19 bits per heavy atom. The molecule has 0 bridgehead atoms. The van der Waals surface area contributed by atoms with Gasteiger partial charge in [0.15, 0.2) is 0 Å². The minimum Gasteiger partial charge on any atom is -0.326 e. The minimum absolute atomic E-state index is 0.00317. The SMILES string of the molecule is Cc1c(NC(=O)CCn2ccnn2)cccc1S(N)(=O)=O. The van der Waals surface area contributed by atoms with Crippen LogP contribution in [0.4, 0.5) is 5.69 Å². The average molecular weight is 309 g/mol. The van der Waals surface area contributed by atoms with Gasteiger partial charge in [0, 0.05) is 18.3 Å². The van der Waals surface area contributed by atoms with Crippen LogP contribution < -0.4 is 10.5 Å². The molecule has 2 rings (SSSR count). The molecule has 0 radical (unpaired) electrons. The third-order valence-corrected chi connectivity index (χ3v) is 3.96. The Bertz CT molecular complexity index is 740. The molecule has 1 aromatic carbocycles. The number of nitrogens with one attached hydrogen (secondary N) is 1. The maximum Gasteiger partial charge on any atom is 0.238 e. The summed E-state index contributed by atoms with van der Waals surface area (Å²) in [5.41, 5.74) is 0.833. The topological polar surface area (TPSA) is 120 Å². The summed E-state index contributed by atoms with van der Waals surface area (Å²) in [5, 5.41) is 15.2. The van der Waals surface area contributed by atoms with Crippen LogP contribution in [0.15, 0.2) is 35.5 Å². The summed E-state index contributed by atoms with van der Waals surface area (Å²) in [6.07, 6.45) is 3.38. The zero-order valence-electron chi connectivity index (χ0n) is 11.4. The summed E-state index contributed by atoms with van der Waals surface area (Å²) in [6, 6.07) is 4.55. The van der Waals surface area contributed by atoms with Gasteiger partial charge in [-0.1, -0.05) is 11.3 Å². The predicted octanol–water partition coefficient (Wildman–Crippen LogP) is 0.263. The Morgan fingerprint density at radius 3 is 2.81 bits per heavy atom. The molecule has 0 aliphatic rings. The van der Waals surface area contributed by atoms with E-state index >= 15 is 0 Å². The van der Waals surface area contributed by atoms with E-state index in [1.165, 1.54) is 23.0 Å². The first-order valence-corrected chi connectivity index (χ1v) is 7.69. The van der Waals surface area contributed by atoms with E-state index < -0.39 is 10.0 Å². The number of benzene rings is 1. The van der Waals surface area contributed by atoms with E-state index in [0.717, 1.165) is 0 Å². The van der Waals surface area contributed by atoms with Gasteiger partial charge in [0.1, 0.15) is 0 Å². The molecule has 0 aliphatic carbocycles. The molecule has 0 aliphatic heterocycles. The van der Waals surface area contributed by atoms with Crippen LogP contribution in [0, 0.1) is 6.92 Å². The lowest BCUT2D eigenvalue weighted by Gasteiger charge is -2.11.